The smallest absolute Gasteiger partial charge is 0.261 e. The third kappa shape index (κ3) is 2.23. The lowest BCUT2D eigenvalue weighted by Gasteiger charge is -2.10. The summed E-state index contributed by atoms with van der Waals surface area (Å²) >= 11 is 18.1. The predicted octanol–water partition coefficient (Wildman–Crippen LogP) is 3.65. The van der Waals surface area contributed by atoms with Crippen molar-refractivity contribution in [1.29, 1.82) is 0 Å². The van der Waals surface area contributed by atoms with Gasteiger partial charge in [0.1, 0.15) is 5.52 Å². The van der Waals surface area contributed by atoms with Gasteiger partial charge in [0, 0.05) is 18.0 Å². The fourth-order valence-corrected chi connectivity index (χ4v) is 2.70. The van der Waals surface area contributed by atoms with Crippen LogP contribution in [0.15, 0.2) is 29.3 Å². The number of benzene rings is 1. The minimum atomic E-state index is -0.591. The molecule has 2 N–H and O–H groups in total. The molecule has 8 heteroatoms. The Labute approximate surface area is 133 Å². The Kier molecular flexibility index (Phi) is 3.49. The summed E-state index contributed by atoms with van der Waals surface area (Å²) in [6, 6.07) is 2.99. The molecule has 0 aliphatic heterocycles. The lowest BCUT2D eigenvalue weighted by atomic mass is 10.1. The molecule has 0 fully saturated rings. The van der Waals surface area contributed by atoms with Gasteiger partial charge in [-0.2, -0.15) is 0 Å². The van der Waals surface area contributed by atoms with E-state index in [-0.39, 0.29) is 43.1 Å². The van der Waals surface area contributed by atoms with Crippen LogP contribution in [0.5, 0.6) is 5.75 Å². The summed E-state index contributed by atoms with van der Waals surface area (Å²) < 4.78 is 0. The van der Waals surface area contributed by atoms with E-state index >= 15 is 0 Å². The third-order valence-electron chi connectivity index (χ3n) is 2.91. The highest BCUT2D eigenvalue weighted by Gasteiger charge is 2.21. The molecule has 0 aliphatic carbocycles. The van der Waals surface area contributed by atoms with Crippen molar-refractivity contribution in [3.63, 3.8) is 0 Å². The van der Waals surface area contributed by atoms with Crippen molar-refractivity contribution < 1.29 is 5.11 Å². The summed E-state index contributed by atoms with van der Waals surface area (Å²) in [5.74, 6) is -0.354. The van der Waals surface area contributed by atoms with Gasteiger partial charge in [-0.25, -0.2) is 9.97 Å². The van der Waals surface area contributed by atoms with Crippen molar-refractivity contribution in [2.75, 3.05) is 0 Å². The molecule has 0 radical (unpaired) electrons. The van der Waals surface area contributed by atoms with Gasteiger partial charge in [-0.3, -0.25) is 4.79 Å². The fraction of sp³-hybridized carbons (Fsp3) is 0. The Bertz CT molecular complexity index is 924. The molecule has 1 aromatic carbocycles. The van der Waals surface area contributed by atoms with Crippen LogP contribution in [0.4, 0.5) is 0 Å². The molecule has 2 aromatic heterocycles. The summed E-state index contributed by atoms with van der Waals surface area (Å²) in [4.78, 5) is 22.7. The molecular weight excluding hydrogens is 337 g/mol. The number of nitrogens with one attached hydrogen (secondary N) is 1. The van der Waals surface area contributed by atoms with Gasteiger partial charge in [0.15, 0.2) is 11.4 Å². The van der Waals surface area contributed by atoms with Gasteiger partial charge in [0.2, 0.25) is 0 Å². The van der Waals surface area contributed by atoms with Gasteiger partial charge < -0.3 is 10.1 Å². The van der Waals surface area contributed by atoms with Gasteiger partial charge in [0.25, 0.3) is 5.56 Å². The van der Waals surface area contributed by atoms with Crippen LogP contribution in [0.1, 0.15) is 0 Å². The molecule has 106 valence electrons. The third-order valence-corrected chi connectivity index (χ3v) is 4.03. The van der Waals surface area contributed by atoms with E-state index < -0.39 is 5.56 Å². The number of aromatic hydroxyl groups is 1. The van der Waals surface area contributed by atoms with Gasteiger partial charge >= 0.3 is 0 Å². The highest BCUT2D eigenvalue weighted by Crippen LogP contribution is 2.41. The van der Waals surface area contributed by atoms with Crippen molar-refractivity contribution >= 4 is 46.0 Å². The van der Waals surface area contributed by atoms with Crippen LogP contribution in [-0.2, 0) is 0 Å². The molecule has 3 aromatic rings. The Morgan fingerprint density at radius 3 is 2.43 bits per heavy atom. The van der Waals surface area contributed by atoms with E-state index in [1.54, 1.807) is 0 Å². The quantitative estimate of drug-likeness (QED) is 0.662. The first-order chi connectivity index (χ1) is 10.0. The largest absolute Gasteiger partial charge is 0.505 e. The van der Waals surface area contributed by atoms with E-state index in [0.717, 1.165) is 0 Å². The van der Waals surface area contributed by atoms with Gasteiger partial charge in [0.05, 0.1) is 20.6 Å². The number of hydrogen-bond donors (Lipinski definition) is 2. The maximum atomic E-state index is 12.2. The summed E-state index contributed by atoms with van der Waals surface area (Å²) in [5, 5.41) is 10.8. The molecule has 0 amide bonds. The van der Waals surface area contributed by atoms with Crippen molar-refractivity contribution in [1.82, 2.24) is 15.0 Å². The van der Waals surface area contributed by atoms with Gasteiger partial charge in [-0.05, 0) is 12.1 Å². The van der Waals surface area contributed by atoms with Crippen molar-refractivity contribution in [2.24, 2.45) is 0 Å². The van der Waals surface area contributed by atoms with Crippen LogP contribution >= 0.6 is 34.8 Å². The Balaban J connectivity index is 2.47. The SMILES string of the molecule is O=c1[nH]c2nccnc2c(O)c1-c1c(Cl)ccc(Cl)c1Cl. The summed E-state index contributed by atoms with van der Waals surface area (Å²) in [6.45, 7) is 0. The summed E-state index contributed by atoms with van der Waals surface area (Å²) in [5.41, 5.74) is -0.235. The fourth-order valence-electron chi connectivity index (χ4n) is 1.99. The first-order valence-electron chi connectivity index (χ1n) is 5.70. The zero-order valence-electron chi connectivity index (χ0n) is 10.2. The van der Waals surface area contributed by atoms with E-state index in [2.05, 4.69) is 15.0 Å². The van der Waals surface area contributed by atoms with E-state index in [1.165, 1.54) is 24.5 Å². The molecule has 0 spiro atoms. The first kappa shape index (κ1) is 14.1. The van der Waals surface area contributed by atoms with Crippen molar-refractivity contribution in [2.45, 2.75) is 0 Å². The number of rotatable bonds is 1. The maximum absolute atomic E-state index is 12.2. The molecule has 0 unspecified atom stereocenters. The molecule has 2 heterocycles. The topological polar surface area (TPSA) is 78.9 Å². The highest BCUT2D eigenvalue weighted by atomic mass is 35.5. The average molecular weight is 343 g/mol. The monoisotopic (exact) mass is 341 g/mol. The number of aromatic amines is 1. The second-order valence-electron chi connectivity index (χ2n) is 4.15. The molecule has 0 bridgehead atoms. The van der Waals surface area contributed by atoms with Gasteiger partial charge in [-0.15, -0.1) is 0 Å². The predicted molar refractivity (Wildman–Crippen MR) is 82.3 cm³/mol. The number of fused-ring (bicyclic) bond motifs is 1. The first-order valence-corrected chi connectivity index (χ1v) is 6.84. The lowest BCUT2D eigenvalue weighted by molar-refractivity contribution is 0.481. The molecular formula is C13H6Cl3N3O2. The number of halogens is 3. The number of hydrogen-bond acceptors (Lipinski definition) is 4. The maximum Gasteiger partial charge on any atom is 0.261 e. The number of pyridine rings is 1. The second kappa shape index (κ2) is 5.18. The van der Waals surface area contributed by atoms with Crippen molar-refractivity contribution in [3.05, 3.63) is 49.9 Å². The molecule has 0 aliphatic rings. The molecule has 3 rings (SSSR count). The Morgan fingerprint density at radius 1 is 1.00 bits per heavy atom. The van der Waals surface area contributed by atoms with Gasteiger partial charge in [-0.1, -0.05) is 34.8 Å². The molecule has 0 saturated carbocycles. The van der Waals surface area contributed by atoms with Crippen LogP contribution in [0, 0.1) is 0 Å². The zero-order chi connectivity index (χ0) is 15.1. The standard InChI is InChI=1S/C13H6Cl3N3O2/c14-5-1-2-6(15)9(16)7(5)8-11(20)10-12(19-13(8)21)18-4-3-17-10/h1-4H,(H2,18,19,20,21). The summed E-state index contributed by atoms with van der Waals surface area (Å²) in [7, 11) is 0. The molecule has 21 heavy (non-hydrogen) atoms. The second-order valence-corrected chi connectivity index (χ2v) is 5.34. The Morgan fingerprint density at radius 2 is 1.67 bits per heavy atom. The number of H-pyrrole nitrogens is 1. The lowest BCUT2D eigenvalue weighted by Crippen LogP contribution is -2.11. The summed E-state index contributed by atoms with van der Waals surface area (Å²) in [6.07, 6.45) is 2.79. The number of aromatic nitrogens is 3. The molecule has 5 nitrogen and oxygen atoms in total. The molecule has 0 saturated heterocycles. The molecule has 0 atom stereocenters. The zero-order valence-corrected chi connectivity index (χ0v) is 12.5. The van der Waals surface area contributed by atoms with Crippen LogP contribution in [-0.4, -0.2) is 20.1 Å². The minimum absolute atomic E-state index is 0.0770. The number of nitrogens with zero attached hydrogens (tertiary/aromatic N) is 2. The Hall–Kier alpha value is -1.82. The van der Waals surface area contributed by atoms with Crippen LogP contribution < -0.4 is 5.56 Å². The van der Waals surface area contributed by atoms with E-state index in [0.29, 0.717) is 0 Å². The average Bonchev–Trinajstić information content (AvgIpc) is 2.46. The van der Waals surface area contributed by atoms with Crippen molar-refractivity contribution in [3.8, 4) is 16.9 Å². The van der Waals surface area contributed by atoms with Crippen LogP contribution in [0.3, 0.4) is 0 Å². The van der Waals surface area contributed by atoms with E-state index in [1.807, 2.05) is 0 Å². The minimum Gasteiger partial charge on any atom is -0.505 e. The van der Waals surface area contributed by atoms with Crippen LogP contribution in [0.2, 0.25) is 15.1 Å². The highest BCUT2D eigenvalue weighted by molar-refractivity contribution is 6.46. The van der Waals surface area contributed by atoms with E-state index in [9.17, 15) is 9.90 Å². The van der Waals surface area contributed by atoms with Crippen LogP contribution in [0.25, 0.3) is 22.3 Å². The van der Waals surface area contributed by atoms with E-state index in [4.69, 9.17) is 34.8 Å². The normalized spacial score (nSPS) is 11.0.